The molecule has 0 bridgehead atoms. The largest absolute Gasteiger partial charge is 0.488 e. The predicted octanol–water partition coefficient (Wildman–Crippen LogP) is 3.35. The van der Waals surface area contributed by atoms with Crippen LogP contribution in [0.15, 0.2) is 36.7 Å². The number of hydrogen-bond acceptors (Lipinski definition) is 5. The van der Waals surface area contributed by atoms with Crippen molar-refractivity contribution in [3.63, 3.8) is 0 Å². The van der Waals surface area contributed by atoms with E-state index in [4.69, 9.17) is 9.47 Å². The summed E-state index contributed by atoms with van der Waals surface area (Å²) in [5.41, 5.74) is 3.28. The number of aromatic nitrogens is 1. The molecule has 0 radical (unpaired) electrons. The van der Waals surface area contributed by atoms with E-state index in [1.807, 2.05) is 32.9 Å². The first-order valence-corrected chi connectivity index (χ1v) is 9.08. The van der Waals surface area contributed by atoms with Crippen molar-refractivity contribution in [2.45, 2.75) is 40.2 Å². The number of nitrogens with zero attached hydrogens (tertiary/aromatic N) is 1. The van der Waals surface area contributed by atoms with Gasteiger partial charge >= 0.3 is 5.97 Å². The van der Waals surface area contributed by atoms with E-state index in [1.54, 1.807) is 24.5 Å². The highest BCUT2D eigenvalue weighted by molar-refractivity contribution is 5.95. The molecule has 27 heavy (non-hydrogen) atoms. The normalized spacial score (nSPS) is 10.3. The van der Waals surface area contributed by atoms with Crippen molar-refractivity contribution < 1.29 is 19.1 Å². The lowest BCUT2D eigenvalue weighted by Gasteiger charge is -2.14. The SMILES string of the molecule is CCCOC(=O)CCNC(=O)c1cc(C)c(OCc2cccnc2)c(C)c1. The Labute approximate surface area is 159 Å². The fourth-order valence-corrected chi connectivity index (χ4v) is 2.62. The van der Waals surface area contributed by atoms with Gasteiger partial charge in [-0.25, -0.2) is 0 Å². The Balaban J connectivity index is 1.92. The Morgan fingerprint density at radius 2 is 1.93 bits per heavy atom. The topological polar surface area (TPSA) is 77.5 Å². The van der Waals surface area contributed by atoms with E-state index < -0.39 is 0 Å². The van der Waals surface area contributed by atoms with Gasteiger partial charge in [0.1, 0.15) is 12.4 Å². The summed E-state index contributed by atoms with van der Waals surface area (Å²) < 4.78 is 10.9. The number of nitrogens with one attached hydrogen (secondary N) is 1. The second-order valence-electron chi connectivity index (χ2n) is 6.32. The quantitative estimate of drug-likeness (QED) is 0.685. The summed E-state index contributed by atoms with van der Waals surface area (Å²) in [6, 6.07) is 7.39. The second kappa shape index (κ2) is 10.3. The van der Waals surface area contributed by atoms with Gasteiger partial charge in [-0.2, -0.15) is 0 Å². The molecule has 0 aliphatic rings. The molecule has 0 aliphatic carbocycles. The second-order valence-corrected chi connectivity index (χ2v) is 6.32. The van der Waals surface area contributed by atoms with E-state index in [9.17, 15) is 9.59 Å². The number of amides is 1. The highest BCUT2D eigenvalue weighted by Gasteiger charge is 2.12. The predicted molar refractivity (Wildman–Crippen MR) is 103 cm³/mol. The Morgan fingerprint density at radius 3 is 2.56 bits per heavy atom. The van der Waals surface area contributed by atoms with Crippen molar-refractivity contribution in [2.24, 2.45) is 0 Å². The molecule has 0 unspecified atom stereocenters. The summed E-state index contributed by atoms with van der Waals surface area (Å²) in [4.78, 5) is 27.9. The van der Waals surface area contributed by atoms with Crippen LogP contribution < -0.4 is 10.1 Å². The minimum absolute atomic E-state index is 0.163. The Bertz CT molecular complexity index is 752. The fourth-order valence-electron chi connectivity index (χ4n) is 2.62. The van der Waals surface area contributed by atoms with E-state index in [0.717, 1.165) is 28.9 Å². The first kappa shape index (κ1) is 20.4. The third-order valence-electron chi connectivity index (χ3n) is 3.91. The number of ether oxygens (including phenoxy) is 2. The van der Waals surface area contributed by atoms with Gasteiger partial charge in [-0.1, -0.05) is 13.0 Å². The van der Waals surface area contributed by atoms with Crippen LogP contribution in [0.4, 0.5) is 0 Å². The van der Waals surface area contributed by atoms with E-state index in [1.165, 1.54) is 0 Å². The number of pyridine rings is 1. The average molecular weight is 370 g/mol. The van der Waals surface area contributed by atoms with Crippen molar-refractivity contribution in [1.29, 1.82) is 0 Å². The molecule has 1 heterocycles. The van der Waals surface area contributed by atoms with Gasteiger partial charge in [-0.15, -0.1) is 0 Å². The van der Waals surface area contributed by atoms with E-state index in [0.29, 0.717) is 18.8 Å². The first-order chi connectivity index (χ1) is 13.0. The van der Waals surface area contributed by atoms with Crippen molar-refractivity contribution in [2.75, 3.05) is 13.2 Å². The number of carbonyl (C=O) groups is 2. The molecular weight excluding hydrogens is 344 g/mol. The molecule has 1 amide bonds. The number of benzene rings is 1. The molecule has 6 heteroatoms. The van der Waals surface area contributed by atoms with Crippen LogP contribution in [0.25, 0.3) is 0 Å². The van der Waals surface area contributed by atoms with Crippen LogP contribution in [0.1, 0.15) is 46.8 Å². The number of carbonyl (C=O) groups excluding carboxylic acids is 2. The summed E-state index contributed by atoms with van der Waals surface area (Å²) >= 11 is 0. The van der Waals surface area contributed by atoms with Gasteiger partial charge in [-0.3, -0.25) is 14.6 Å². The van der Waals surface area contributed by atoms with Crippen molar-refractivity contribution in [3.8, 4) is 5.75 Å². The maximum Gasteiger partial charge on any atom is 0.307 e. The standard InChI is InChI=1S/C21H26N2O4/c1-4-10-26-19(24)7-9-23-21(25)18-11-15(2)20(16(3)12-18)27-14-17-6-5-8-22-13-17/h5-6,8,11-13H,4,7,9-10,14H2,1-3H3,(H,23,25). The fraction of sp³-hybridized carbons (Fsp3) is 0.381. The molecule has 1 N–H and O–H groups in total. The molecular formula is C21H26N2O4. The van der Waals surface area contributed by atoms with Crippen LogP contribution in [0.5, 0.6) is 5.75 Å². The lowest BCUT2D eigenvalue weighted by Crippen LogP contribution is -2.26. The summed E-state index contributed by atoms with van der Waals surface area (Å²) in [7, 11) is 0. The zero-order valence-electron chi connectivity index (χ0n) is 16.1. The van der Waals surface area contributed by atoms with E-state index in [-0.39, 0.29) is 24.8 Å². The van der Waals surface area contributed by atoms with Gasteiger partial charge in [0.05, 0.1) is 13.0 Å². The molecule has 0 fully saturated rings. The van der Waals surface area contributed by atoms with Crippen LogP contribution >= 0.6 is 0 Å². The molecule has 0 saturated heterocycles. The number of esters is 1. The molecule has 0 aliphatic heterocycles. The summed E-state index contributed by atoms with van der Waals surface area (Å²) in [5, 5.41) is 2.75. The maximum atomic E-state index is 12.3. The maximum absolute atomic E-state index is 12.3. The van der Waals surface area contributed by atoms with Gasteiger partial charge in [0.2, 0.25) is 0 Å². The van der Waals surface area contributed by atoms with Gasteiger partial charge in [0, 0.05) is 30.1 Å². The smallest absolute Gasteiger partial charge is 0.307 e. The number of aryl methyl sites for hydroxylation is 2. The van der Waals surface area contributed by atoms with Gasteiger partial charge in [0.15, 0.2) is 0 Å². The zero-order valence-corrected chi connectivity index (χ0v) is 16.1. The highest BCUT2D eigenvalue weighted by atomic mass is 16.5. The van der Waals surface area contributed by atoms with E-state index in [2.05, 4.69) is 10.3 Å². The van der Waals surface area contributed by atoms with Crippen molar-refractivity contribution in [3.05, 3.63) is 58.9 Å². The van der Waals surface area contributed by atoms with Crippen LogP contribution in [-0.4, -0.2) is 30.0 Å². The summed E-state index contributed by atoms with van der Waals surface area (Å²) in [6.07, 6.45) is 4.43. The number of rotatable bonds is 9. The highest BCUT2D eigenvalue weighted by Crippen LogP contribution is 2.25. The number of hydrogen-bond donors (Lipinski definition) is 1. The molecule has 1 aromatic heterocycles. The van der Waals surface area contributed by atoms with Crippen molar-refractivity contribution >= 4 is 11.9 Å². The monoisotopic (exact) mass is 370 g/mol. The van der Waals surface area contributed by atoms with Crippen LogP contribution in [-0.2, 0) is 16.1 Å². The average Bonchev–Trinajstić information content (AvgIpc) is 2.66. The lowest BCUT2D eigenvalue weighted by molar-refractivity contribution is -0.143. The minimum Gasteiger partial charge on any atom is -0.488 e. The van der Waals surface area contributed by atoms with Crippen LogP contribution in [0, 0.1) is 13.8 Å². The van der Waals surface area contributed by atoms with Crippen LogP contribution in [0.3, 0.4) is 0 Å². The molecule has 144 valence electrons. The van der Waals surface area contributed by atoms with Crippen LogP contribution in [0.2, 0.25) is 0 Å². The van der Waals surface area contributed by atoms with E-state index >= 15 is 0 Å². The minimum atomic E-state index is -0.302. The summed E-state index contributed by atoms with van der Waals surface area (Å²) in [6.45, 7) is 6.82. The molecule has 0 saturated carbocycles. The molecule has 2 rings (SSSR count). The molecule has 1 aromatic carbocycles. The van der Waals surface area contributed by atoms with Crippen molar-refractivity contribution in [1.82, 2.24) is 10.3 Å². The molecule has 2 aromatic rings. The molecule has 0 spiro atoms. The lowest BCUT2D eigenvalue weighted by atomic mass is 10.0. The summed E-state index contributed by atoms with van der Waals surface area (Å²) in [5.74, 6) is 0.241. The third kappa shape index (κ3) is 6.40. The van der Waals surface area contributed by atoms with Gasteiger partial charge < -0.3 is 14.8 Å². The van der Waals surface area contributed by atoms with Gasteiger partial charge in [-0.05, 0) is 49.6 Å². The van der Waals surface area contributed by atoms with Gasteiger partial charge in [0.25, 0.3) is 5.91 Å². The zero-order chi connectivity index (χ0) is 19.6. The first-order valence-electron chi connectivity index (χ1n) is 9.08. The molecule has 6 nitrogen and oxygen atoms in total. The Morgan fingerprint density at radius 1 is 1.19 bits per heavy atom. The Kier molecular flexibility index (Phi) is 7.79. The Hall–Kier alpha value is -2.89. The third-order valence-corrected chi connectivity index (χ3v) is 3.91. The molecule has 0 atom stereocenters.